The summed E-state index contributed by atoms with van der Waals surface area (Å²) in [5.74, 6) is -3.84. The van der Waals surface area contributed by atoms with Gasteiger partial charge in [0, 0.05) is 25.3 Å². The molecule has 0 aliphatic rings. The van der Waals surface area contributed by atoms with E-state index in [1.54, 1.807) is 6.07 Å². The fraction of sp³-hybridized carbons (Fsp3) is 0.286. The van der Waals surface area contributed by atoms with Gasteiger partial charge in [0.25, 0.3) is 11.2 Å². The van der Waals surface area contributed by atoms with Gasteiger partial charge in [0.05, 0.1) is 0 Å². The fourth-order valence-electron chi connectivity index (χ4n) is 4.11. The molecule has 6 nitrogen and oxygen atoms in total. The molecule has 40 heavy (non-hydrogen) atoms. The lowest BCUT2D eigenvalue weighted by Crippen LogP contribution is -2.53. The lowest BCUT2D eigenvalue weighted by molar-refractivity contribution is -0.282. The van der Waals surface area contributed by atoms with Crippen molar-refractivity contribution in [3.05, 3.63) is 108 Å². The second-order valence-electron chi connectivity index (χ2n) is 8.40. The minimum absolute atomic E-state index is 0.0404. The Balaban J connectivity index is 1.99. The van der Waals surface area contributed by atoms with Gasteiger partial charge < -0.3 is 18.9 Å². The van der Waals surface area contributed by atoms with Gasteiger partial charge in [0.2, 0.25) is 0 Å². The van der Waals surface area contributed by atoms with Crippen LogP contribution in [0.25, 0.3) is 0 Å². The molecule has 0 bridgehead atoms. The summed E-state index contributed by atoms with van der Waals surface area (Å²) in [5.41, 5.74) is -8.30. The van der Waals surface area contributed by atoms with E-state index in [1.807, 2.05) is 0 Å². The molecule has 0 aromatic heterocycles. The second kappa shape index (κ2) is 12.1. The molecular formula is C28H24F6O6. The number of hydrogen-bond donors (Lipinski definition) is 0. The molecule has 3 unspecified atom stereocenters. The highest BCUT2D eigenvalue weighted by Crippen LogP contribution is 2.45. The number of hydrogen-bond acceptors (Lipinski definition) is 6. The summed E-state index contributed by atoms with van der Waals surface area (Å²) in [4.78, 5) is 26.2. The van der Waals surface area contributed by atoms with Crippen molar-refractivity contribution in [1.82, 2.24) is 0 Å². The third-order valence-electron chi connectivity index (χ3n) is 6.13. The number of methoxy groups -OCH3 is 2. The number of esters is 2. The van der Waals surface area contributed by atoms with Gasteiger partial charge in [-0.15, -0.1) is 0 Å². The number of halogens is 6. The summed E-state index contributed by atoms with van der Waals surface area (Å²) >= 11 is 0. The van der Waals surface area contributed by atoms with Crippen molar-refractivity contribution in [1.29, 1.82) is 0 Å². The van der Waals surface area contributed by atoms with Gasteiger partial charge in [-0.1, -0.05) is 91.0 Å². The molecule has 12 heteroatoms. The van der Waals surface area contributed by atoms with E-state index in [0.717, 1.165) is 24.3 Å². The monoisotopic (exact) mass is 570 g/mol. The lowest BCUT2D eigenvalue weighted by Gasteiger charge is -2.34. The Hall–Kier alpha value is -3.90. The average molecular weight is 570 g/mol. The van der Waals surface area contributed by atoms with E-state index < -0.39 is 59.3 Å². The van der Waals surface area contributed by atoms with Crippen LogP contribution in [0.3, 0.4) is 0 Å². The van der Waals surface area contributed by atoms with Crippen LogP contribution < -0.4 is 0 Å². The zero-order chi connectivity index (χ0) is 29.6. The van der Waals surface area contributed by atoms with E-state index in [-0.39, 0.29) is 5.56 Å². The van der Waals surface area contributed by atoms with Crippen LogP contribution in [0.1, 0.15) is 22.8 Å². The van der Waals surface area contributed by atoms with E-state index in [9.17, 15) is 35.9 Å². The number of rotatable bonds is 10. The molecule has 0 aliphatic carbocycles. The molecule has 0 saturated carbocycles. The molecule has 0 N–H and O–H groups in total. The minimum atomic E-state index is -5.31. The standard InChI is InChI=1S/C28H24F6O6/c1-37-25(27(29,30)31,20-14-8-4-9-15-20)23(35)39-18-22(19-12-6-3-7-13-19)40-24(36)26(38-2,28(32,33)34)21-16-10-5-11-17-21/h3-17,22H,18H2,1-2H3. The Morgan fingerprint density at radius 2 is 1.00 bits per heavy atom. The highest BCUT2D eigenvalue weighted by Gasteiger charge is 2.65. The van der Waals surface area contributed by atoms with E-state index in [1.165, 1.54) is 60.7 Å². The zero-order valence-corrected chi connectivity index (χ0v) is 21.2. The van der Waals surface area contributed by atoms with Crippen LogP contribution in [0.5, 0.6) is 0 Å². The molecule has 0 heterocycles. The third kappa shape index (κ3) is 5.68. The van der Waals surface area contributed by atoms with Crippen LogP contribution >= 0.6 is 0 Å². The topological polar surface area (TPSA) is 71.1 Å². The SMILES string of the molecule is COC(C(=O)OCC(OC(=O)C(OC)(c1ccccc1)C(F)(F)F)c1ccccc1)(c1ccccc1)C(F)(F)F. The summed E-state index contributed by atoms with van der Waals surface area (Å²) in [5, 5.41) is 0. The number of ether oxygens (including phenoxy) is 4. The van der Waals surface area contributed by atoms with Crippen LogP contribution in [0.2, 0.25) is 0 Å². The van der Waals surface area contributed by atoms with Gasteiger partial charge in [-0.2, -0.15) is 26.3 Å². The fourth-order valence-corrected chi connectivity index (χ4v) is 4.11. The largest absolute Gasteiger partial charge is 0.459 e. The molecule has 3 aromatic carbocycles. The van der Waals surface area contributed by atoms with Crippen molar-refractivity contribution < 1.29 is 54.9 Å². The van der Waals surface area contributed by atoms with Crippen LogP contribution in [-0.2, 0) is 39.7 Å². The van der Waals surface area contributed by atoms with Gasteiger partial charge in [-0.25, -0.2) is 9.59 Å². The first kappa shape index (κ1) is 30.6. The smallest absolute Gasteiger partial charge is 0.432 e. The zero-order valence-electron chi connectivity index (χ0n) is 21.2. The normalized spacial score (nSPS) is 15.8. The van der Waals surface area contributed by atoms with Crippen molar-refractivity contribution in [3.8, 4) is 0 Å². The van der Waals surface area contributed by atoms with E-state index >= 15 is 0 Å². The Morgan fingerprint density at radius 1 is 0.625 bits per heavy atom. The molecule has 0 saturated heterocycles. The van der Waals surface area contributed by atoms with Crippen molar-refractivity contribution in [2.75, 3.05) is 20.8 Å². The van der Waals surface area contributed by atoms with Gasteiger partial charge >= 0.3 is 24.3 Å². The highest BCUT2D eigenvalue weighted by atomic mass is 19.4. The van der Waals surface area contributed by atoms with Crippen LogP contribution in [0.15, 0.2) is 91.0 Å². The van der Waals surface area contributed by atoms with E-state index in [0.29, 0.717) is 14.2 Å². The first-order chi connectivity index (χ1) is 18.8. The molecule has 0 aliphatic heterocycles. The molecule has 0 fully saturated rings. The number of carbonyl (C=O) groups is 2. The van der Waals surface area contributed by atoms with Crippen LogP contribution in [0.4, 0.5) is 26.3 Å². The predicted molar refractivity (Wildman–Crippen MR) is 129 cm³/mol. The maximum absolute atomic E-state index is 14.3. The van der Waals surface area contributed by atoms with Crippen molar-refractivity contribution in [2.24, 2.45) is 0 Å². The molecule has 0 spiro atoms. The summed E-state index contributed by atoms with van der Waals surface area (Å²) < 4.78 is 105. The molecule has 3 atom stereocenters. The van der Waals surface area contributed by atoms with Gasteiger partial charge in [-0.05, 0) is 5.56 Å². The molecule has 0 amide bonds. The molecule has 214 valence electrons. The summed E-state index contributed by atoms with van der Waals surface area (Å²) in [6.45, 7) is -1.07. The Labute approximate surface area is 225 Å². The molecular weight excluding hydrogens is 546 g/mol. The van der Waals surface area contributed by atoms with Crippen LogP contribution in [0, 0.1) is 0 Å². The van der Waals surface area contributed by atoms with Crippen molar-refractivity contribution in [3.63, 3.8) is 0 Å². The Morgan fingerprint density at radius 3 is 1.38 bits per heavy atom. The molecule has 3 aromatic rings. The van der Waals surface area contributed by atoms with Gasteiger partial charge in [-0.3, -0.25) is 0 Å². The van der Waals surface area contributed by atoms with E-state index in [2.05, 4.69) is 4.74 Å². The first-order valence-electron chi connectivity index (χ1n) is 11.6. The highest BCUT2D eigenvalue weighted by molar-refractivity contribution is 5.84. The maximum Gasteiger partial charge on any atom is 0.432 e. The average Bonchev–Trinajstić information content (AvgIpc) is 2.92. The maximum atomic E-state index is 14.3. The van der Waals surface area contributed by atoms with Gasteiger partial charge in [0.15, 0.2) is 6.10 Å². The Kier molecular flexibility index (Phi) is 9.26. The van der Waals surface area contributed by atoms with Crippen molar-refractivity contribution in [2.45, 2.75) is 29.7 Å². The number of alkyl halides is 6. The van der Waals surface area contributed by atoms with E-state index in [4.69, 9.17) is 14.2 Å². The van der Waals surface area contributed by atoms with Crippen LogP contribution in [-0.4, -0.2) is 45.1 Å². The van der Waals surface area contributed by atoms with Crippen molar-refractivity contribution >= 4 is 11.9 Å². The summed E-state index contributed by atoms with van der Waals surface area (Å²) in [7, 11) is 1.32. The summed E-state index contributed by atoms with van der Waals surface area (Å²) in [6, 6.07) is 19.0. The second-order valence-corrected chi connectivity index (χ2v) is 8.40. The molecule has 3 rings (SSSR count). The predicted octanol–water partition coefficient (Wildman–Crippen LogP) is 6.02. The summed E-state index contributed by atoms with van der Waals surface area (Å²) in [6.07, 6.45) is -12.4. The lowest BCUT2D eigenvalue weighted by atomic mass is 9.92. The Bertz CT molecular complexity index is 1270. The number of carbonyl (C=O) groups excluding carboxylic acids is 2. The number of benzene rings is 3. The minimum Gasteiger partial charge on any atom is -0.459 e. The first-order valence-corrected chi connectivity index (χ1v) is 11.6. The van der Waals surface area contributed by atoms with Gasteiger partial charge in [0.1, 0.15) is 6.61 Å². The quantitative estimate of drug-likeness (QED) is 0.219. The third-order valence-corrected chi connectivity index (χ3v) is 6.13. The molecule has 0 radical (unpaired) electrons.